The van der Waals surface area contributed by atoms with Crippen molar-refractivity contribution in [3.63, 3.8) is 0 Å². The number of likely N-dealkylation sites (tertiary alicyclic amines) is 1. The van der Waals surface area contributed by atoms with Crippen LogP contribution in [0.15, 0.2) is 12.1 Å². The number of hydrogen-bond acceptors (Lipinski definition) is 3. The Morgan fingerprint density at radius 3 is 2.39 bits per heavy atom. The summed E-state index contributed by atoms with van der Waals surface area (Å²) in [5.41, 5.74) is 2.84. The van der Waals surface area contributed by atoms with E-state index < -0.39 is 5.60 Å². The average molecular weight is 409 g/mol. The normalized spacial score (nSPS) is 16.6. The van der Waals surface area contributed by atoms with Crippen molar-refractivity contribution in [1.82, 2.24) is 10.2 Å². The van der Waals surface area contributed by atoms with Gasteiger partial charge in [-0.2, -0.15) is 0 Å². The van der Waals surface area contributed by atoms with Gasteiger partial charge in [0, 0.05) is 25.0 Å². The summed E-state index contributed by atoms with van der Waals surface area (Å²) in [7, 11) is 0. The Labute approximate surface area is 173 Å². The number of hydrogen-bond donors (Lipinski definition) is 1. The zero-order valence-corrected chi connectivity index (χ0v) is 18.7. The minimum absolute atomic E-state index is 0.0349. The summed E-state index contributed by atoms with van der Waals surface area (Å²) in [5.74, 6) is 0.264. The van der Waals surface area contributed by atoms with E-state index in [9.17, 15) is 9.59 Å². The fourth-order valence-electron chi connectivity index (χ4n) is 3.72. The molecule has 28 heavy (non-hydrogen) atoms. The molecule has 1 fully saturated rings. The van der Waals surface area contributed by atoms with Crippen LogP contribution >= 0.6 is 11.6 Å². The van der Waals surface area contributed by atoms with Crippen LogP contribution in [0.1, 0.15) is 82.5 Å². The lowest BCUT2D eigenvalue weighted by Crippen LogP contribution is -2.41. The summed E-state index contributed by atoms with van der Waals surface area (Å²) in [5, 5.41) is 3.80. The third-order valence-electron chi connectivity index (χ3n) is 5.11. The van der Waals surface area contributed by atoms with Gasteiger partial charge in [-0.05, 0) is 75.6 Å². The molecule has 6 heteroatoms. The van der Waals surface area contributed by atoms with Crippen LogP contribution in [0.3, 0.4) is 0 Å². The van der Waals surface area contributed by atoms with E-state index >= 15 is 0 Å². The monoisotopic (exact) mass is 408 g/mol. The summed E-state index contributed by atoms with van der Waals surface area (Å²) in [6.45, 7) is 12.6. The standard InChI is InChI=1S/C22H33ClN2O3/c1-7-20(24-15(3)26)18-12-14(2)19(23)13-17(18)16-8-10-25(11-9-16)21(27)28-22(4,5)6/h12-13,16,20H,7-11H2,1-6H3,(H,24,26). The van der Waals surface area contributed by atoms with Gasteiger partial charge < -0.3 is 15.0 Å². The van der Waals surface area contributed by atoms with Crippen molar-refractivity contribution in [2.75, 3.05) is 13.1 Å². The van der Waals surface area contributed by atoms with Crippen molar-refractivity contribution < 1.29 is 14.3 Å². The first-order valence-corrected chi connectivity index (χ1v) is 10.4. The second-order valence-corrected chi connectivity index (χ2v) is 9.04. The van der Waals surface area contributed by atoms with Crippen molar-refractivity contribution in [2.24, 2.45) is 0 Å². The Hall–Kier alpha value is -1.75. The molecule has 1 aliphatic rings. The predicted octanol–water partition coefficient (Wildman–Crippen LogP) is 5.35. The Balaban J connectivity index is 2.20. The van der Waals surface area contributed by atoms with Gasteiger partial charge in [-0.3, -0.25) is 4.79 Å². The summed E-state index contributed by atoms with van der Waals surface area (Å²) in [4.78, 5) is 25.8. The van der Waals surface area contributed by atoms with E-state index in [1.807, 2.05) is 33.8 Å². The van der Waals surface area contributed by atoms with Crippen molar-refractivity contribution in [3.05, 3.63) is 33.8 Å². The van der Waals surface area contributed by atoms with Gasteiger partial charge in [0.1, 0.15) is 5.60 Å². The van der Waals surface area contributed by atoms with Crippen LogP contribution < -0.4 is 5.32 Å². The van der Waals surface area contributed by atoms with E-state index in [4.69, 9.17) is 16.3 Å². The molecule has 1 aromatic rings. The molecular formula is C22H33ClN2O3. The summed E-state index contributed by atoms with van der Waals surface area (Å²) < 4.78 is 5.49. The van der Waals surface area contributed by atoms with E-state index in [1.54, 1.807) is 11.8 Å². The Morgan fingerprint density at radius 1 is 1.29 bits per heavy atom. The maximum atomic E-state index is 12.3. The van der Waals surface area contributed by atoms with Crippen LogP contribution in [0.5, 0.6) is 0 Å². The molecule has 0 saturated carbocycles. The van der Waals surface area contributed by atoms with Gasteiger partial charge in [-0.15, -0.1) is 0 Å². The molecule has 1 atom stereocenters. The highest BCUT2D eigenvalue weighted by atomic mass is 35.5. The van der Waals surface area contributed by atoms with Gasteiger partial charge in [0.2, 0.25) is 5.91 Å². The maximum absolute atomic E-state index is 12.3. The topological polar surface area (TPSA) is 58.6 Å². The average Bonchev–Trinajstić information content (AvgIpc) is 2.60. The van der Waals surface area contributed by atoms with E-state index in [-0.39, 0.29) is 18.0 Å². The van der Waals surface area contributed by atoms with Crippen molar-refractivity contribution in [2.45, 2.75) is 78.4 Å². The number of halogens is 1. The van der Waals surface area contributed by atoms with Gasteiger partial charge in [0.15, 0.2) is 0 Å². The molecule has 2 rings (SSSR count). The minimum Gasteiger partial charge on any atom is -0.444 e. The number of nitrogens with one attached hydrogen (secondary N) is 1. The van der Waals surface area contributed by atoms with E-state index in [0.717, 1.165) is 35.4 Å². The number of benzene rings is 1. The minimum atomic E-state index is -0.488. The SMILES string of the molecule is CCC(NC(C)=O)c1cc(C)c(Cl)cc1C1CCN(C(=O)OC(C)(C)C)CC1. The Kier molecular flexibility index (Phi) is 7.38. The van der Waals surface area contributed by atoms with E-state index in [0.29, 0.717) is 19.0 Å². The first kappa shape index (κ1) is 22.5. The highest BCUT2D eigenvalue weighted by molar-refractivity contribution is 6.31. The highest BCUT2D eigenvalue weighted by Crippen LogP contribution is 2.37. The maximum Gasteiger partial charge on any atom is 0.410 e. The number of ether oxygens (including phenoxy) is 1. The first-order chi connectivity index (χ1) is 13.0. The van der Waals surface area contributed by atoms with Crippen LogP contribution in [0.25, 0.3) is 0 Å². The third-order valence-corrected chi connectivity index (χ3v) is 5.52. The molecule has 0 aromatic heterocycles. The number of carbonyl (C=O) groups excluding carboxylic acids is 2. The highest BCUT2D eigenvalue weighted by Gasteiger charge is 2.29. The number of piperidine rings is 1. The van der Waals surface area contributed by atoms with Gasteiger partial charge in [-0.1, -0.05) is 24.6 Å². The molecule has 1 aromatic carbocycles. The molecule has 0 bridgehead atoms. The molecule has 1 heterocycles. The van der Waals surface area contributed by atoms with Gasteiger partial charge in [0.25, 0.3) is 0 Å². The predicted molar refractivity (Wildman–Crippen MR) is 113 cm³/mol. The van der Waals surface area contributed by atoms with Crippen LogP contribution in [0.4, 0.5) is 4.79 Å². The number of amides is 2. The summed E-state index contributed by atoms with van der Waals surface area (Å²) in [6, 6.07) is 4.11. The molecule has 1 N–H and O–H groups in total. The summed E-state index contributed by atoms with van der Waals surface area (Å²) in [6.07, 6.45) is 2.26. The molecule has 1 saturated heterocycles. The van der Waals surface area contributed by atoms with Gasteiger partial charge in [-0.25, -0.2) is 4.79 Å². The fraction of sp³-hybridized carbons (Fsp3) is 0.636. The molecular weight excluding hydrogens is 376 g/mol. The smallest absolute Gasteiger partial charge is 0.410 e. The Morgan fingerprint density at radius 2 is 1.89 bits per heavy atom. The third kappa shape index (κ3) is 5.87. The molecule has 156 valence electrons. The lowest BCUT2D eigenvalue weighted by Gasteiger charge is -2.35. The number of nitrogens with zero attached hydrogens (tertiary/aromatic N) is 1. The van der Waals surface area contributed by atoms with E-state index in [2.05, 4.69) is 18.3 Å². The van der Waals surface area contributed by atoms with Crippen LogP contribution in [0.2, 0.25) is 5.02 Å². The van der Waals surface area contributed by atoms with Crippen molar-refractivity contribution in [3.8, 4) is 0 Å². The molecule has 0 radical (unpaired) electrons. The molecule has 0 spiro atoms. The summed E-state index contributed by atoms with van der Waals surface area (Å²) >= 11 is 6.44. The Bertz CT molecular complexity index is 719. The van der Waals surface area contributed by atoms with Crippen LogP contribution in [0, 0.1) is 6.92 Å². The first-order valence-electron chi connectivity index (χ1n) is 10.1. The van der Waals surface area contributed by atoms with E-state index in [1.165, 1.54) is 5.56 Å². The van der Waals surface area contributed by atoms with Crippen LogP contribution in [-0.2, 0) is 9.53 Å². The quantitative estimate of drug-likeness (QED) is 0.730. The molecule has 1 unspecified atom stereocenters. The van der Waals surface area contributed by atoms with Gasteiger partial charge >= 0.3 is 6.09 Å². The number of rotatable bonds is 4. The molecule has 1 aliphatic heterocycles. The van der Waals surface area contributed by atoms with Crippen molar-refractivity contribution in [1.29, 1.82) is 0 Å². The zero-order valence-electron chi connectivity index (χ0n) is 17.9. The van der Waals surface area contributed by atoms with Gasteiger partial charge in [0.05, 0.1) is 6.04 Å². The van der Waals surface area contributed by atoms with Crippen LogP contribution in [-0.4, -0.2) is 35.6 Å². The lowest BCUT2D eigenvalue weighted by molar-refractivity contribution is -0.119. The fourth-order valence-corrected chi connectivity index (χ4v) is 3.89. The number of aryl methyl sites for hydroxylation is 1. The molecule has 2 amide bonds. The second kappa shape index (κ2) is 9.17. The molecule has 5 nitrogen and oxygen atoms in total. The zero-order chi connectivity index (χ0) is 21.1. The largest absolute Gasteiger partial charge is 0.444 e. The number of carbonyl (C=O) groups is 2. The second-order valence-electron chi connectivity index (χ2n) is 8.63. The molecule has 0 aliphatic carbocycles. The van der Waals surface area contributed by atoms with Crippen molar-refractivity contribution >= 4 is 23.6 Å². The lowest BCUT2D eigenvalue weighted by atomic mass is 9.83.